The number of carbonyl (C=O) groups excluding carboxylic acids is 1. The van der Waals surface area contributed by atoms with E-state index in [9.17, 15) is 9.90 Å². The lowest BCUT2D eigenvalue weighted by Gasteiger charge is -2.33. The van der Waals surface area contributed by atoms with Gasteiger partial charge in [0.2, 0.25) is 0 Å². The Morgan fingerprint density at radius 2 is 2.14 bits per heavy atom. The number of pyridine rings is 1. The highest BCUT2D eigenvalue weighted by Crippen LogP contribution is 2.26. The van der Waals surface area contributed by atoms with Gasteiger partial charge in [-0.1, -0.05) is 13.8 Å². The lowest BCUT2D eigenvalue weighted by Crippen LogP contribution is -2.40. The normalized spacial score (nSPS) is 17.6. The second kappa shape index (κ2) is 5.40. The number of hydrogen-bond acceptors (Lipinski definition) is 5. The Morgan fingerprint density at radius 3 is 2.82 bits per heavy atom. The Morgan fingerprint density at radius 1 is 1.36 bits per heavy atom. The Bertz CT molecular complexity index is 710. The van der Waals surface area contributed by atoms with E-state index in [1.165, 1.54) is 18.5 Å². The molecular formula is C15H19N5O2. The number of aromatic hydroxyl groups is 1. The SMILES string of the molecule is CC(C)c1nnc2n1[C@@H](C)CN(C(=O)c1cncc(O)c1)C2. The van der Waals surface area contributed by atoms with E-state index in [-0.39, 0.29) is 17.7 Å². The Hall–Kier alpha value is -2.44. The summed E-state index contributed by atoms with van der Waals surface area (Å²) >= 11 is 0. The first kappa shape index (κ1) is 14.5. The van der Waals surface area contributed by atoms with Crippen LogP contribution in [0.5, 0.6) is 5.75 Å². The zero-order valence-corrected chi connectivity index (χ0v) is 12.9. The van der Waals surface area contributed by atoms with Crippen LogP contribution >= 0.6 is 0 Å². The van der Waals surface area contributed by atoms with E-state index < -0.39 is 0 Å². The van der Waals surface area contributed by atoms with Crippen LogP contribution in [0.4, 0.5) is 0 Å². The molecule has 116 valence electrons. The van der Waals surface area contributed by atoms with Crippen molar-refractivity contribution < 1.29 is 9.90 Å². The lowest BCUT2D eigenvalue weighted by atomic mass is 10.1. The summed E-state index contributed by atoms with van der Waals surface area (Å²) in [5.41, 5.74) is 0.379. The van der Waals surface area contributed by atoms with E-state index in [0.717, 1.165) is 11.6 Å². The van der Waals surface area contributed by atoms with Gasteiger partial charge in [-0.05, 0) is 13.0 Å². The summed E-state index contributed by atoms with van der Waals surface area (Å²) in [5.74, 6) is 1.87. The number of rotatable bonds is 2. The summed E-state index contributed by atoms with van der Waals surface area (Å²) in [6.07, 6.45) is 2.77. The standard InChI is InChI=1S/C15H19N5O2/c1-9(2)14-18-17-13-8-19(7-10(3)20(13)14)15(22)11-4-12(21)6-16-5-11/h4-6,9-10,21H,7-8H2,1-3H3/t10-/m0/s1. The predicted octanol–water partition coefficient (Wildman–Crippen LogP) is 1.72. The summed E-state index contributed by atoms with van der Waals surface area (Å²) < 4.78 is 2.12. The van der Waals surface area contributed by atoms with Crippen molar-refractivity contribution in [3.63, 3.8) is 0 Å². The summed E-state index contributed by atoms with van der Waals surface area (Å²) in [7, 11) is 0. The van der Waals surface area contributed by atoms with Gasteiger partial charge >= 0.3 is 0 Å². The van der Waals surface area contributed by atoms with Gasteiger partial charge in [-0.15, -0.1) is 10.2 Å². The molecule has 0 aliphatic carbocycles. The van der Waals surface area contributed by atoms with Crippen molar-refractivity contribution in [1.82, 2.24) is 24.6 Å². The average molecular weight is 301 g/mol. The molecule has 7 nitrogen and oxygen atoms in total. The second-order valence-corrected chi connectivity index (χ2v) is 5.97. The molecule has 1 aliphatic heterocycles. The molecule has 2 aromatic rings. The lowest BCUT2D eigenvalue weighted by molar-refractivity contribution is 0.0678. The molecule has 0 saturated carbocycles. The molecule has 2 aromatic heterocycles. The molecule has 0 radical (unpaired) electrons. The molecular weight excluding hydrogens is 282 g/mol. The fourth-order valence-electron chi connectivity index (χ4n) is 2.84. The highest BCUT2D eigenvalue weighted by Gasteiger charge is 2.30. The minimum atomic E-state index is -0.157. The monoisotopic (exact) mass is 301 g/mol. The fraction of sp³-hybridized carbons (Fsp3) is 0.467. The van der Waals surface area contributed by atoms with Crippen LogP contribution in [0.3, 0.4) is 0 Å². The number of carbonyl (C=O) groups is 1. The molecule has 1 atom stereocenters. The Kier molecular flexibility index (Phi) is 3.56. The molecule has 1 aliphatic rings. The minimum Gasteiger partial charge on any atom is -0.506 e. The molecule has 0 saturated heterocycles. The Balaban J connectivity index is 1.88. The molecule has 0 unspecified atom stereocenters. The van der Waals surface area contributed by atoms with E-state index in [2.05, 4.69) is 40.5 Å². The topological polar surface area (TPSA) is 84.1 Å². The van der Waals surface area contributed by atoms with Gasteiger partial charge in [0.25, 0.3) is 5.91 Å². The summed E-state index contributed by atoms with van der Waals surface area (Å²) in [5, 5.41) is 18.0. The Labute approximate surface area is 128 Å². The van der Waals surface area contributed by atoms with Gasteiger partial charge in [0.05, 0.1) is 24.3 Å². The first-order valence-corrected chi connectivity index (χ1v) is 7.34. The molecule has 0 aromatic carbocycles. The van der Waals surface area contributed by atoms with E-state index in [4.69, 9.17) is 0 Å². The zero-order valence-electron chi connectivity index (χ0n) is 12.9. The number of nitrogens with zero attached hydrogens (tertiary/aromatic N) is 5. The van der Waals surface area contributed by atoms with E-state index in [1.807, 2.05) is 0 Å². The van der Waals surface area contributed by atoms with Crippen molar-refractivity contribution in [3.8, 4) is 5.75 Å². The molecule has 1 N–H and O–H groups in total. The van der Waals surface area contributed by atoms with E-state index in [1.54, 1.807) is 4.90 Å². The number of hydrogen-bond donors (Lipinski definition) is 1. The molecule has 0 spiro atoms. The van der Waals surface area contributed by atoms with Gasteiger partial charge in [-0.3, -0.25) is 9.78 Å². The van der Waals surface area contributed by atoms with Crippen molar-refractivity contribution in [2.24, 2.45) is 0 Å². The van der Waals surface area contributed by atoms with Crippen LogP contribution in [0.15, 0.2) is 18.5 Å². The molecule has 1 amide bonds. The summed E-state index contributed by atoms with van der Waals surface area (Å²) in [6, 6.07) is 1.55. The van der Waals surface area contributed by atoms with Crippen molar-refractivity contribution in [3.05, 3.63) is 35.7 Å². The van der Waals surface area contributed by atoms with Crippen LogP contribution in [0, 0.1) is 0 Å². The van der Waals surface area contributed by atoms with Crippen molar-refractivity contribution >= 4 is 5.91 Å². The maximum Gasteiger partial charge on any atom is 0.256 e. The largest absolute Gasteiger partial charge is 0.506 e. The fourth-order valence-corrected chi connectivity index (χ4v) is 2.84. The van der Waals surface area contributed by atoms with Crippen molar-refractivity contribution in [2.45, 2.75) is 39.3 Å². The van der Waals surface area contributed by atoms with Crippen LogP contribution in [-0.2, 0) is 6.54 Å². The van der Waals surface area contributed by atoms with Crippen LogP contribution in [0.2, 0.25) is 0 Å². The number of fused-ring (bicyclic) bond motifs is 1. The first-order chi connectivity index (χ1) is 10.5. The third-order valence-electron chi connectivity index (χ3n) is 3.82. The average Bonchev–Trinajstić information content (AvgIpc) is 2.91. The van der Waals surface area contributed by atoms with Crippen LogP contribution in [0.1, 0.15) is 54.7 Å². The molecule has 0 fully saturated rings. The van der Waals surface area contributed by atoms with Crippen LogP contribution in [0.25, 0.3) is 0 Å². The van der Waals surface area contributed by atoms with Gasteiger partial charge < -0.3 is 14.6 Å². The van der Waals surface area contributed by atoms with E-state index in [0.29, 0.717) is 24.6 Å². The van der Waals surface area contributed by atoms with Crippen LogP contribution < -0.4 is 0 Å². The van der Waals surface area contributed by atoms with Crippen molar-refractivity contribution in [1.29, 1.82) is 0 Å². The molecule has 3 rings (SSSR count). The molecule has 22 heavy (non-hydrogen) atoms. The van der Waals surface area contributed by atoms with E-state index >= 15 is 0 Å². The van der Waals surface area contributed by atoms with Gasteiger partial charge in [-0.25, -0.2) is 0 Å². The second-order valence-electron chi connectivity index (χ2n) is 5.97. The summed E-state index contributed by atoms with van der Waals surface area (Å²) in [6.45, 7) is 7.22. The first-order valence-electron chi connectivity index (χ1n) is 7.34. The molecule has 0 bridgehead atoms. The minimum absolute atomic E-state index is 0.0128. The maximum atomic E-state index is 12.6. The number of aromatic nitrogens is 4. The van der Waals surface area contributed by atoms with Gasteiger partial charge in [0, 0.05) is 18.7 Å². The summed E-state index contributed by atoms with van der Waals surface area (Å²) in [4.78, 5) is 18.1. The maximum absolute atomic E-state index is 12.6. The van der Waals surface area contributed by atoms with Gasteiger partial charge in [0.1, 0.15) is 11.6 Å². The zero-order chi connectivity index (χ0) is 15.9. The van der Waals surface area contributed by atoms with Gasteiger partial charge in [-0.2, -0.15) is 0 Å². The predicted molar refractivity (Wildman–Crippen MR) is 79.5 cm³/mol. The third-order valence-corrected chi connectivity index (χ3v) is 3.82. The van der Waals surface area contributed by atoms with Crippen molar-refractivity contribution in [2.75, 3.05) is 6.54 Å². The third kappa shape index (κ3) is 2.43. The number of amides is 1. The highest BCUT2D eigenvalue weighted by molar-refractivity contribution is 5.94. The van der Waals surface area contributed by atoms with Crippen LogP contribution in [-0.4, -0.2) is 42.2 Å². The molecule has 7 heteroatoms. The van der Waals surface area contributed by atoms with Gasteiger partial charge in [0.15, 0.2) is 5.82 Å². The highest BCUT2D eigenvalue weighted by atomic mass is 16.3. The quantitative estimate of drug-likeness (QED) is 0.913. The smallest absolute Gasteiger partial charge is 0.256 e. The molecule has 3 heterocycles.